The molecule has 2 heterocycles. The Bertz CT molecular complexity index is 403. The third kappa shape index (κ3) is 2.90. The monoisotopic (exact) mass is 251 g/mol. The highest BCUT2D eigenvalue weighted by atomic mass is 16.5. The molecule has 5 heteroatoms. The van der Waals surface area contributed by atoms with Gasteiger partial charge in [-0.25, -0.2) is 9.97 Å². The molecular formula is C13H21N3O2. The summed E-state index contributed by atoms with van der Waals surface area (Å²) in [6.45, 7) is 6.86. The summed E-state index contributed by atoms with van der Waals surface area (Å²) in [7, 11) is 1.62. The van der Waals surface area contributed by atoms with Gasteiger partial charge in [-0.3, -0.25) is 0 Å². The largest absolute Gasteiger partial charge is 0.481 e. The van der Waals surface area contributed by atoms with Crippen LogP contribution in [0.2, 0.25) is 0 Å². The zero-order valence-corrected chi connectivity index (χ0v) is 11.3. The van der Waals surface area contributed by atoms with E-state index in [1.54, 1.807) is 7.11 Å². The van der Waals surface area contributed by atoms with Gasteiger partial charge in [-0.15, -0.1) is 0 Å². The van der Waals surface area contributed by atoms with Crippen molar-refractivity contribution in [3.8, 4) is 5.88 Å². The van der Waals surface area contributed by atoms with E-state index in [9.17, 15) is 0 Å². The van der Waals surface area contributed by atoms with E-state index in [4.69, 9.17) is 9.47 Å². The van der Waals surface area contributed by atoms with Crippen molar-refractivity contribution in [1.29, 1.82) is 0 Å². The third-order valence-corrected chi connectivity index (χ3v) is 3.61. The van der Waals surface area contributed by atoms with Crippen LogP contribution in [0.3, 0.4) is 0 Å². The highest BCUT2D eigenvalue weighted by Gasteiger charge is 2.27. The van der Waals surface area contributed by atoms with Crippen molar-refractivity contribution < 1.29 is 9.47 Å². The van der Waals surface area contributed by atoms with Crippen LogP contribution in [-0.4, -0.2) is 36.8 Å². The van der Waals surface area contributed by atoms with Crippen molar-refractivity contribution in [2.45, 2.75) is 26.7 Å². The summed E-state index contributed by atoms with van der Waals surface area (Å²) in [5, 5.41) is 3.41. The minimum atomic E-state index is 0.281. The van der Waals surface area contributed by atoms with Gasteiger partial charge in [-0.1, -0.05) is 6.92 Å². The molecule has 0 amide bonds. The van der Waals surface area contributed by atoms with E-state index < -0.39 is 0 Å². The van der Waals surface area contributed by atoms with Gasteiger partial charge in [0.05, 0.1) is 12.7 Å². The number of anilines is 1. The highest BCUT2D eigenvalue weighted by molar-refractivity contribution is 5.47. The van der Waals surface area contributed by atoms with Crippen molar-refractivity contribution in [1.82, 2.24) is 9.97 Å². The Hall–Kier alpha value is -1.36. The normalized spacial score (nSPS) is 18.4. The summed E-state index contributed by atoms with van der Waals surface area (Å²) in [6.07, 6.45) is 3.70. The fourth-order valence-electron chi connectivity index (χ4n) is 2.16. The van der Waals surface area contributed by atoms with Crippen LogP contribution in [0.25, 0.3) is 0 Å². The molecule has 1 saturated heterocycles. The van der Waals surface area contributed by atoms with Gasteiger partial charge in [0.1, 0.15) is 12.1 Å². The highest BCUT2D eigenvalue weighted by Crippen LogP contribution is 2.30. The quantitative estimate of drug-likeness (QED) is 0.887. The number of ether oxygens (including phenoxy) is 2. The molecule has 1 fully saturated rings. The lowest BCUT2D eigenvalue weighted by Crippen LogP contribution is -2.33. The van der Waals surface area contributed by atoms with Gasteiger partial charge < -0.3 is 14.8 Å². The zero-order chi connectivity index (χ0) is 13.0. The van der Waals surface area contributed by atoms with Crippen molar-refractivity contribution in [3.63, 3.8) is 0 Å². The SMILES string of the molecule is COc1ncnc(NCC2(C)CCOCC2)c1C. The maximum atomic E-state index is 5.40. The first-order valence-corrected chi connectivity index (χ1v) is 6.32. The molecule has 2 rings (SSSR count). The van der Waals surface area contributed by atoms with Gasteiger partial charge >= 0.3 is 0 Å². The summed E-state index contributed by atoms with van der Waals surface area (Å²) in [4.78, 5) is 8.35. The molecule has 0 atom stereocenters. The predicted octanol–water partition coefficient (Wildman–Crippen LogP) is 2.02. The molecular weight excluding hydrogens is 230 g/mol. The summed E-state index contributed by atoms with van der Waals surface area (Å²) < 4.78 is 10.6. The van der Waals surface area contributed by atoms with Gasteiger partial charge in [0.25, 0.3) is 0 Å². The average molecular weight is 251 g/mol. The van der Waals surface area contributed by atoms with E-state index >= 15 is 0 Å². The second-order valence-corrected chi connectivity index (χ2v) is 5.13. The number of nitrogens with one attached hydrogen (secondary N) is 1. The molecule has 0 unspecified atom stereocenters. The Morgan fingerprint density at radius 2 is 2.11 bits per heavy atom. The van der Waals surface area contributed by atoms with Gasteiger partial charge in [-0.05, 0) is 25.2 Å². The van der Waals surface area contributed by atoms with Crippen molar-refractivity contribution in [3.05, 3.63) is 11.9 Å². The van der Waals surface area contributed by atoms with Crippen LogP contribution in [0.5, 0.6) is 5.88 Å². The van der Waals surface area contributed by atoms with Crippen LogP contribution in [0.4, 0.5) is 5.82 Å². The molecule has 18 heavy (non-hydrogen) atoms. The lowest BCUT2D eigenvalue weighted by atomic mass is 9.82. The van der Waals surface area contributed by atoms with Gasteiger partial charge in [0.2, 0.25) is 5.88 Å². The van der Waals surface area contributed by atoms with E-state index in [0.29, 0.717) is 5.88 Å². The van der Waals surface area contributed by atoms with Crippen LogP contribution < -0.4 is 10.1 Å². The molecule has 0 radical (unpaired) electrons. The van der Waals surface area contributed by atoms with E-state index in [1.165, 1.54) is 6.33 Å². The van der Waals surface area contributed by atoms with Crippen LogP contribution in [-0.2, 0) is 4.74 Å². The third-order valence-electron chi connectivity index (χ3n) is 3.61. The molecule has 0 aromatic carbocycles. The van der Waals surface area contributed by atoms with Crippen LogP contribution in [0, 0.1) is 12.3 Å². The second-order valence-electron chi connectivity index (χ2n) is 5.13. The fraction of sp³-hybridized carbons (Fsp3) is 0.692. The number of hydrogen-bond donors (Lipinski definition) is 1. The van der Waals surface area contributed by atoms with Crippen LogP contribution >= 0.6 is 0 Å². The standard InChI is InChI=1S/C13H21N3O2/c1-10-11(15-9-16-12(10)17-3)14-8-13(2)4-6-18-7-5-13/h9H,4-8H2,1-3H3,(H,14,15,16). The molecule has 0 spiro atoms. The molecule has 1 N–H and O–H groups in total. The van der Waals surface area contributed by atoms with Crippen molar-refractivity contribution in [2.24, 2.45) is 5.41 Å². The lowest BCUT2D eigenvalue weighted by Gasteiger charge is -2.33. The number of hydrogen-bond acceptors (Lipinski definition) is 5. The van der Waals surface area contributed by atoms with Gasteiger partial charge in [0, 0.05) is 19.8 Å². The molecule has 100 valence electrons. The molecule has 5 nitrogen and oxygen atoms in total. The Kier molecular flexibility index (Phi) is 4.01. The summed E-state index contributed by atoms with van der Waals surface area (Å²) in [5.74, 6) is 1.49. The number of methoxy groups -OCH3 is 1. The topological polar surface area (TPSA) is 56.3 Å². The van der Waals surface area contributed by atoms with Crippen LogP contribution in [0.15, 0.2) is 6.33 Å². The van der Waals surface area contributed by atoms with E-state index in [0.717, 1.165) is 44.0 Å². The van der Waals surface area contributed by atoms with Gasteiger partial charge in [0.15, 0.2) is 0 Å². The Morgan fingerprint density at radius 3 is 2.78 bits per heavy atom. The van der Waals surface area contributed by atoms with E-state index in [-0.39, 0.29) is 5.41 Å². The Labute approximate surface area is 108 Å². The summed E-state index contributed by atoms with van der Waals surface area (Å²) >= 11 is 0. The molecule has 0 saturated carbocycles. The minimum Gasteiger partial charge on any atom is -0.481 e. The summed E-state index contributed by atoms with van der Waals surface area (Å²) in [6, 6.07) is 0. The minimum absolute atomic E-state index is 0.281. The second kappa shape index (κ2) is 5.52. The van der Waals surface area contributed by atoms with E-state index in [1.807, 2.05) is 6.92 Å². The molecule has 1 aliphatic heterocycles. The molecule has 1 aliphatic rings. The van der Waals surface area contributed by atoms with Crippen LogP contribution in [0.1, 0.15) is 25.3 Å². The number of rotatable bonds is 4. The molecule has 1 aromatic heterocycles. The van der Waals surface area contributed by atoms with Crippen molar-refractivity contribution >= 4 is 5.82 Å². The molecule has 1 aromatic rings. The maximum Gasteiger partial charge on any atom is 0.221 e. The zero-order valence-electron chi connectivity index (χ0n) is 11.3. The fourth-order valence-corrected chi connectivity index (χ4v) is 2.16. The first-order chi connectivity index (χ1) is 8.64. The van der Waals surface area contributed by atoms with Crippen molar-refractivity contribution in [2.75, 3.05) is 32.2 Å². The first kappa shape index (κ1) is 13.1. The molecule has 0 bridgehead atoms. The number of nitrogens with zero attached hydrogens (tertiary/aromatic N) is 2. The van der Waals surface area contributed by atoms with Gasteiger partial charge in [-0.2, -0.15) is 0 Å². The Balaban J connectivity index is 2.01. The number of aromatic nitrogens is 2. The lowest BCUT2D eigenvalue weighted by molar-refractivity contribution is 0.0299. The summed E-state index contributed by atoms with van der Waals surface area (Å²) in [5.41, 5.74) is 1.23. The smallest absolute Gasteiger partial charge is 0.221 e. The maximum absolute atomic E-state index is 5.40. The molecule has 0 aliphatic carbocycles. The van der Waals surface area contributed by atoms with E-state index in [2.05, 4.69) is 22.2 Å². The first-order valence-electron chi connectivity index (χ1n) is 6.32. The average Bonchev–Trinajstić information content (AvgIpc) is 2.38. The predicted molar refractivity (Wildman–Crippen MR) is 70.0 cm³/mol. The Morgan fingerprint density at radius 1 is 1.39 bits per heavy atom.